The Morgan fingerprint density at radius 3 is 2.82 bits per heavy atom. The third-order valence-electron chi connectivity index (χ3n) is 2.43. The van der Waals surface area contributed by atoms with Gasteiger partial charge in [0.25, 0.3) is 5.56 Å². The lowest BCUT2D eigenvalue weighted by atomic mass is 10.3. The van der Waals surface area contributed by atoms with Gasteiger partial charge in [0, 0.05) is 12.8 Å². The number of aryl methyl sites for hydroxylation is 2. The molecular weight excluding hydrogens is 260 g/mol. The Morgan fingerprint density at radius 2 is 2.18 bits per heavy atom. The molecule has 0 amide bonds. The summed E-state index contributed by atoms with van der Waals surface area (Å²) in [6, 6.07) is 0. The van der Waals surface area contributed by atoms with Crippen LogP contribution in [-0.2, 0) is 16.4 Å². The maximum atomic E-state index is 12.0. The first-order chi connectivity index (χ1) is 7.88. The summed E-state index contributed by atoms with van der Waals surface area (Å²) in [5.74, 6) is -0.0511. The molecule has 7 heteroatoms. The van der Waals surface area contributed by atoms with Gasteiger partial charge in [0.1, 0.15) is 14.5 Å². The van der Waals surface area contributed by atoms with Gasteiger partial charge >= 0.3 is 0 Å². The first-order valence-corrected chi connectivity index (χ1v) is 7.93. The van der Waals surface area contributed by atoms with Crippen LogP contribution in [0.3, 0.4) is 0 Å². The second-order valence-electron chi connectivity index (χ2n) is 3.97. The van der Waals surface area contributed by atoms with E-state index in [1.165, 1.54) is 22.2 Å². The highest BCUT2D eigenvalue weighted by atomic mass is 32.2. The summed E-state index contributed by atoms with van der Waals surface area (Å²) in [5.41, 5.74) is 1.50. The lowest BCUT2D eigenvalue weighted by molar-refractivity contribution is 0.592. The Balaban J connectivity index is 2.43. The van der Waals surface area contributed by atoms with Crippen molar-refractivity contribution in [3.8, 4) is 0 Å². The Kier molecular flexibility index (Phi) is 3.05. The number of nitrogens with zero attached hydrogens (tertiary/aromatic N) is 2. The molecule has 92 valence electrons. The largest absolute Gasteiger partial charge is 0.297 e. The highest BCUT2D eigenvalue weighted by Gasteiger charge is 2.09. The summed E-state index contributed by atoms with van der Waals surface area (Å²) < 4.78 is 24.0. The van der Waals surface area contributed by atoms with Crippen LogP contribution < -0.4 is 5.56 Å². The molecule has 0 saturated heterocycles. The van der Waals surface area contributed by atoms with Crippen LogP contribution in [0, 0.1) is 6.92 Å². The van der Waals surface area contributed by atoms with Crippen molar-refractivity contribution in [1.29, 1.82) is 0 Å². The molecule has 2 aromatic rings. The fraction of sp³-hybridized carbons (Fsp3) is 0.400. The molecule has 0 N–H and O–H groups in total. The number of sulfone groups is 1. The Hall–Kier alpha value is -1.21. The average molecular weight is 272 g/mol. The molecule has 5 nitrogen and oxygen atoms in total. The number of rotatable bonds is 3. The molecule has 0 aliphatic rings. The van der Waals surface area contributed by atoms with Gasteiger partial charge in [-0.15, -0.1) is 11.3 Å². The topological polar surface area (TPSA) is 69.0 Å². The molecule has 0 spiro atoms. The highest BCUT2D eigenvalue weighted by molar-refractivity contribution is 7.90. The molecule has 0 fully saturated rings. The normalized spacial score (nSPS) is 12.1. The summed E-state index contributed by atoms with van der Waals surface area (Å²) in [5, 5.41) is 1.87. The monoisotopic (exact) mass is 272 g/mol. The van der Waals surface area contributed by atoms with Crippen molar-refractivity contribution in [2.24, 2.45) is 0 Å². The summed E-state index contributed by atoms with van der Waals surface area (Å²) >= 11 is 1.34. The minimum absolute atomic E-state index is 0.0511. The van der Waals surface area contributed by atoms with Crippen molar-refractivity contribution in [2.45, 2.75) is 13.5 Å². The van der Waals surface area contributed by atoms with E-state index in [0.29, 0.717) is 10.2 Å². The van der Waals surface area contributed by atoms with Crippen LogP contribution >= 0.6 is 11.3 Å². The van der Waals surface area contributed by atoms with E-state index >= 15 is 0 Å². The maximum absolute atomic E-state index is 12.0. The molecule has 0 aliphatic heterocycles. The molecule has 2 heterocycles. The molecular formula is C10H12N2O3S2. The lowest BCUT2D eigenvalue weighted by Crippen LogP contribution is -2.23. The third kappa shape index (κ3) is 2.55. The SMILES string of the molecule is Cc1csc2c(=O)n(CCS(C)(=O)=O)cnc12. The number of thiophene rings is 1. The van der Waals surface area contributed by atoms with Gasteiger partial charge in [0.15, 0.2) is 0 Å². The van der Waals surface area contributed by atoms with Crippen LogP contribution in [0.1, 0.15) is 5.56 Å². The predicted octanol–water partition coefficient (Wildman–Crippen LogP) is 0.811. The molecule has 0 aliphatic carbocycles. The van der Waals surface area contributed by atoms with E-state index in [4.69, 9.17) is 0 Å². The van der Waals surface area contributed by atoms with Crippen LogP contribution in [0.4, 0.5) is 0 Å². The zero-order chi connectivity index (χ0) is 12.6. The van der Waals surface area contributed by atoms with E-state index in [1.807, 2.05) is 12.3 Å². The standard InChI is InChI=1S/C10H12N2O3S2/c1-7-5-16-9-8(7)11-6-12(10(9)13)3-4-17(2,14)15/h5-6H,3-4H2,1-2H3. The molecule has 17 heavy (non-hydrogen) atoms. The number of hydrogen-bond donors (Lipinski definition) is 0. The van der Waals surface area contributed by atoms with E-state index in [0.717, 1.165) is 11.8 Å². The van der Waals surface area contributed by atoms with E-state index in [2.05, 4.69) is 4.98 Å². The van der Waals surface area contributed by atoms with Crippen molar-refractivity contribution in [1.82, 2.24) is 9.55 Å². The third-order valence-corrected chi connectivity index (χ3v) is 4.43. The first-order valence-electron chi connectivity index (χ1n) is 4.99. The second kappa shape index (κ2) is 4.23. The quantitative estimate of drug-likeness (QED) is 0.829. The van der Waals surface area contributed by atoms with E-state index < -0.39 is 9.84 Å². The Morgan fingerprint density at radius 1 is 1.47 bits per heavy atom. The van der Waals surface area contributed by atoms with Crippen molar-refractivity contribution >= 4 is 31.4 Å². The van der Waals surface area contributed by atoms with Crippen molar-refractivity contribution in [3.05, 3.63) is 27.6 Å². The van der Waals surface area contributed by atoms with Crippen LogP contribution in [0.25, 0.3) is 10.2 Å². The van der Waals surface area contributed by atoms with Gasteiger partial charge in [-0.25, -0.2) is 13.4 Å². The van der Waals surface area contributed by atoms with Crippen molar-refractivity contribution in [3.63, 3.8) is 0 Å². The molecule has 2 rings (SSSR count). The second-order valence-corrected chi connectivity index (χ2v) is 7.11. The van der Waals surface area contributed by atoms with Crippen LogP contribution in [0.15, 0.2) is 16.5 Å². The van der Waals surface area contributed by atoms with Crippen LogP contribution in [-0.4, -0.2) is 30.0 Å². The minimum atomic E-state index is -3.07. The lowest BCUT2D eigenvalue weighted by Gasteiger charge is -2.03. The highest BCUT2D eigenvalue weighted by Crippen LogP contribution is 2.19. The van der Waals surface area contributed by atoms with Gasteiger partial charge in [-0.3, -0.25) is 9.36 Å². The van der Waals surface area contributed by atoms with Gasteiger partial charge < -0.3 is 0 Å². The van der Waals surface area contributed by atoms with Crippen molar-refractivity contribution < 1.29 is 8.42 Å². The van der Waals surface area contributed by atoms with Gasteiger partial charge in [-0.2, -0.15) is 0 Å². The van der Waals surface area contributed by atoms with E-state index in [1.54, 1.807) is 0 Å². The van der Waals surface area contributed by atoms with E-state index in [-0.39, 0.29) is 17.9 Å². The van der Waals surface area contributed by atoms with Gasteiger partial charge in [0.2, 0.25) is 0 Å². The minimum Gasteiger partial charge on any atom is -0.297 e. The molecule has 0 atom stereocenters. The molecule has 0 radical (unpaired) electrons. The molecule has 0 bridgehead atoms. The van der Waals surface area contributed by atoms with Crippen LogP contribution in [0.5, 0.6) is 0 Å². The first kappa shape index (κ1) is 12.3. The summed E-state index contributed by atoms with van der Waals surface area (Å²) in [6.07, 6.45) is 2.56. The van der Waals surface area contributed by atoms with Gasteiger partial charge in [0.05, 0.1) is 17.6 Å². The average Bonchev–Trinajstić information content (AvgIpc) is 2.59. The zero-order valence-corrected chi connectivity index (χ0v) is 11.1. The molecule has 0 aromatic carbocycles. The smallest absolute Gasteiger partial charge is 0.271 e. The molecule has 2 aromatic heterocycles. The van der Waals surface area contributed by atoms with Gasteiger partial charge in [-0.05, 0) is 17.9 Å². The number of fused-ring (bicyclic) bond motifs is 1. The molecule has 0 saturated carbocycles. The van der Waals surface area contributed by atoms with E-state index in [9.17, 15) is 13.2 Å². The summed E-state index contributed by atoms with van der Waals surface area (Å²) in [4.78, 5) is 16.2. The Bertz CT molecular complexity index is 713. The summed E-state index contributed by atoms with van der Waals surface area (Å²) in [6.45, 7) is 2.05. The zero-order valence-electron chi connectivity index (χ0n) is 9.50. The fourth-order valence-corrected chi connectivity index (χ4v) is 2.96. The number of aromatic nitrogens is 2. The fourth-order valence-electron chi connectivity index (χ4n) is 1.48. The van der Waals surface area contributed by atoms with Gasteiger partial charge in [-0.1, -0.05) is 0 Å². The van der Waals surface area contributed by atoms with Crippen molar-refractivity contribution in [2.75, 3.05) is 12.0 Å². The van der Waals surface area contributed by atoms with Crippen LogP contribution in [0.2, 0.25) is 0 Å². The maximum Gasteiger partial charge on any atom is 0.271 e. The molecule has 0 unspecified atom stereocenters. The Labute approximate surface area is 103 Å². The predicted molar refractivity (Wildman–Crippen MR) is 68.3 cm³/mol. The summed E-state index contributed by atoms with van der Waals surface area (Å²) in [7, 11) is -3.07. The number of hydrogen-bond acceptors (Lipinski definition) is 5.